The molecular weight excluding hydrogens is 881 g/mol. The predicted molar refractivity (Wildman–Crippen MR) is 282 cm³/mol. The van der Waals surface area contributed by atoms with Crippen molar-refractivity contribution in [3.05, 3.63) is 168 Å². The minimum atomic E-state index is -2.94. The van der Waals surface area contributed by atoms with E-state index in [1.54, 1.807) is 0 Å². The second-order valence-corrected chi connectivity index (χ2v) is 36.2. The monoisotopic (exact) mass is 959 g/mol. The zero-order valence-corrected chi connectivity index (χ0v) is 45.8. The summed E-state index contributed by atoms with van der Waals surface area (Å²) in [5.41, 5.74) is 1.96. The van der Waals surface area contributed by atoms with Gasteiger partial charge in [0.15, 0.2) is 22.7 Å². The lowest BCUT2D eigenvalue weighted by atomic mass is 9.80. The summed E-state index contributed by atoms with van der Waals surface area (Å²) in [6.07, 6.45) is -2.92. The number of rotatable bonds is 17. The van der Waals surface area contributed by atoms with Gasteiger partial charge in [-0.05, 0) is 74.8 Å². The standard InChI is InChI=1S/C57H78O7Si3/c1-43(58)61-51-49(40-41-60-67(56(8,9)10,47-36-26-18-27-37-47)48-38-28-19-29-39-48)62-50(52(63-65(11,12)54(2,3)4)53(51)64-66(13,14)55(5,6)7)42-59-57(44-30-20-15-21-31-44,45-32-22-16-23-33-45)46-34-24-17-25-35-46/h15-39,49-53H,40-42H2,1-14H3/t49-,50-,51+,52-,53-/m1/s1. The second-order valence-electron chi connectivity index (χ2n) is 22.4. The zero-order valence-electron chi connectivity index (χ0n) is 42.8. The van der Waals surface area contributed by atoms with Crippen LogP contribution in [-0.2, 0) is 37.9 Å². The summed E-state index contributed by atoms with van der Waals surface area (Å²) in [6, 6.07) is 52.7. The molecule has 67 heavy (non-hydrogen) atoms. The number of carbonyl (C=O) groups is 1. The SMILES string of the molecule is CC(=O)O[C@@H]1[C@@H](O[Si](C)(C)C(C)(C)C)[C@H](O[Si](C)(C)C(C)(C)C)[C@@H](COC(c2ccccc2)(c2ccccc2)c2ccccc2)O[C@@H]1CCO[Si](c1ccccc1)(c1ccccc1)C(C)(C)C. The highest BCUT2D eigenvalue weighted by molar-refractivity contribution is 6.99. The molecule has 10 heteroatoms. The molecule has 0 N–H and O–H groups in total. The van der Waals surface area contributed by atoms with Crippen molar-refractivity contribution in [2.75, 3.05) is 13.2 Å². The average molecular weight is 960 g/mol. The highest BCUT2D eigenvalue weighted by Crippen LogP contribution is 2.46. The summed E-state index contributed by atoms with van der Waals surface area (Å²) in [6.45, 7) is 31.4. The van der Waals surface area contributed by atoms with Gasteiger partial charge in [0, 0.05) is 13.5 Å². The molecule has 6 rings (SSSR count). The lowest BCUT2D eigenvalue weighted by molar-refractivity contribution is -0.240. The van der Waals surface area contributed by atoms with E-state index < -0.39 is 67.0 Å². The maximum absolute atomic E-state index is 13.5. The van der Waals surface area contributed by atoms with Crippen molar-refractivity contribution in [3.8, 4) is 0 Å². The molecular formula is C57H78O7Si3. The van der Waals surface area contributed by atoms with Crippen LogP contribution in [0.15, 0.2) is 152 Å². The van der Waals surface area contributed by atoms with Crippen LogP contribution < -0.4 is 10.4 Å². The van der Waals surface area contributed by atoms with Gasteiger partial charge in [0.25, 0.3) is 8.32 Å². The van der Waals surface area contributed by atoms with Crippen LogP contribution in [-0.4, -0.2) is 74.7 Å². The molecule has 1 aliphatic rings. The third-order valence-corrected chi connectivity index (χ3v) is 28.6. The molecule has 1 aliphatic heterocycles. The van der Waals surface area contributed by atoms with Gasteiger partial charge in [-0.25, -0.2) is 0 Å². The molecule has 1 fully saturated rings. The molecule has 0 aliphatic carbocycles. The molecule has 1 heterocycles. The van der Waals surface area contributed by atoms with E-state index in [9.17, 15) is 4.79 Å². The largest absolute Gasteiger partial charge is 0.457 e. The molecule has 0 bridgehead atoms. The maximum atomic E-state index is 13.5. The van der Waals surface area contributed by atoms with Gasteiger partial charge in [0.2, 0.25) is 0 Å². The third-order valence-electron chi connectivity index (χ3n) is 14.6. The van der Waals surface area contributed by atoms with Gasteiger partial charge >= 0.3 is 5.97 Å². The van der Waals surface area contributed by atoms with Crippen LogP contribution >= 0.6 is 0 Å². The molecule has 0 saturated carbocycles. The predicted octanol–water partition coefficient (Wildman–Crippen LogP) is 12.4. The maximum Gasteiger partial charge on any atom is 0.303 e. The Hall–Kier alpha value is -3.98. The Balaban J connectivity index is 1.52. The van der Waals surface area contributed by atoms with Crippen LogP contribution in [0.5, 0.6) is 0 Å². The van der Waals surface area contributed by atoms with E-state index in [1.165, 1.54) is 17.3 Å². The Morgan fingerprint density at radius 2 is 0.881 bits per heavy atom. The van der Waals surface area contributed by atoms with E-state index in [0.717, 1.165) is 16.7 Å². The van der Waals surface area contributed by atoms with Crippen molar-refractivity contribution < 1.29 is 32.3 Å². The van der Waals surface area contributed by atoms with Crippen molar-refractivity contribution in [1.82, 2.24) is 0 Å². The molecule has 0 aromatic heterocycles. The molecule has 0 unspecified atom stereocenters. The molecule has 0 amide bonds. The fourth-order valence-corrected chi connectivity index (χ4v) is 16.3. The van der Waals surface area contributed by atoms with Crippen molar-refractivity contribution in [3.63, 3.8) is 0 Å². The molecule has 5 aromatic carbocycles. The van der Waals surface area contributed by atoms with Gasteiger partial charge in [-0.3, -0.25) is 4.79 Å². The van der Waals surface area contributed by atoms with E-state index >= 15 is 0 Å². The Labute approximate surface area is 406 Å². The first-order valence-corrected chi connectivity index (χ1v) is 31.9. The van der Waals surface area contributed by atoms with Crippen LogP contribution in [0, 0.1) is 0 Å². The van der Waals surface area contributed by atoms with Crippen molar-refractivity contribution in [1.29, 1.82) is 0 Å². The van der Waals surface area contributed by atoms with Gasteiger partial charge in [0.05, 0.1) is 12.7 Å². The topological polar surface area (TPSA) is 72.5 Å². The van der Waals surface area contributed by atoms with Gasteiger partial charge in [-0.15, -0.1) is 0 Å². The van der Waals surface area contributed by atoms with Crippen LogP contribution in [0.1, 0.15) is 92.3 Å². The summed E-state index contributed by atoms with van der Waals surface area (Å²) in [5, 5.41) is 1.84. The fourth-order valence-electron chi connectivity index (χ4n) is 9.07. The molecule has 5 atom stereocenters. The summed E-state index contributed by atoms with van der Waals surface area (Å²) in [7, 11) is -8.07. The van der Waals surface area contributed by atoms with Gasteiger partial charge in [-0.1, -0.05) is 214 Å². The smallest absolute Gasteiger partial charge is 0.303 e. The lowest BCUT2D eigenvalue weighted by Gasteiger charge is -2.53. The quantitative estimate of drug-likeness (QED) is 0.0522. The molecule has 5 aromatic rings. The van der Waals surface area contributed by atoms with Crippen LogP contribution in [0.3, 0.4) is 0 Å². The summed E-state index contributed by atoms with van der Waals surface area (Å²) in [5.74, 6) is -0.396. The van der Waals surface area contributed by atoms with E-state index in [0.29, 0.717) is 13.0 Å². The first-order chi connectivity index (χ1) is 31.4. The first kappa shape index (κ1) is 52.4. The van der Waals surface area contributed by atoms with E-state index in [4.69, 9.17) is 27.5 Å². The molecule has 0 radical (unpaired) electrons. The second kappa shape index (κ2) is 20.9. The Morgan fingerprint density at radius 1 is 0.507 bits per heavy atom. The minimum Gasteiger partial charge on any atom is -0.457 e. The van der Waals surface area contributed by atoms with E-state index in [2.05, 4.69) is 222 Å². The number of esters is 1. The van der Waals surface area contributed by atoms with Crippen molar-refractivity contribution >= 4 is 41.3 Å². The normalized spacial score (nSPS) is 20.1. The van der Waals surface area contributed by atoms with Crippen LogP contribution in [0.25, 0.3) is 0 Å². The zero-order chi connectivity index (χ0) is 48.9. The summed E-state index contributed by atoms with van der Waals surface area (Å²) < 4.78 is 44.3. The molecule has 0 spiro atoms. The number of hydrogen-bond acceptors (Lipinski definition) is 7. The molecule has 1 saturated heterocycles. The number of hydrogen-bond donors (Lipinski definition) is 0. The molecule has 7 nitrogen and oxygen atoms in total. The third kappa shape index (κ3) is 11.4. The van der Waals surface area contributed by atoms with Crippen LogP contribution in [0.4, 0.5) is 0 Å². The summed E-state index contributed by atoms with van der Waals surface area (Å²) in [4.78, 5) is 13.5. The van der Waals surface area contributed by atoms with E-state index in [-0.39, 0.29) is 21.7 Å². The Bertz CT molecular complexity index is 2170. The average Bonchev–Trinajstić information content (AvgIpc) is 3.27. The highest BCUT2D eigenvalue weighted by Gasteiger charge is 2.56. The van der Waals surface area contributed by atoms with Gasteiger partial charge < -0.3 is 27.5 Å². The van der Waals surface area contributed by atoms with Gasteiger partial charge in [-0.2, -0.15) is 0 Å². The Morgan fingerprint density at radius 3 is 1.24 bits per heavy atom. The minimum absolute atomic E-state index is 0.147. The molecule has 360 valence electrons. The number of benzene rings is 5. The van der Waals surface area contributed by atoms with Crippen LogP contribution in [0.2, 0.25) is 41.3 Å². The summed E-state index contributed by atoms with van der Waals surface area (Å²) >= 11 is 0. The van der Waals surface area contributed by atoms with E-state index in [1.807, 2.05) is 18.2 Å². The number of carbonyl (C=O) groups excluding carboxylic acids is 1. The fraction of sp³-hybridized carbons (Fsp3) is 0.456. The lowest BCUT2D eigenvalue weighted by Crippen LogP contribution is -2.68. The number of ether oxygens (including phenoxy) is 3. The highest BCUT2D eigenvalue weighted by atomic mass is 28.4. The van der Waals surface area contributed by atoms with Gasteiger partial charge in [0.1, 0.15) is 23.9 Å². The first-order valence-electron chi connectivity index (χ1n) is 24.2. The van der Waals surface area contributed by atoms with Crippen molar-refractivity contribution in [2.45, 2.75) is 153 Å². The van der Waals surface area contributed by atoms with Crippen molar-refractivity contribution in [2.24, 2.45) is 0 Å². The Kier molecular flexibility index (Phi) is 16.4.